The summed E-state index contributed by atoms with van der Waals surface area (Å²) in [4.78, 5) is 28.9. The summed E-state index contributed by atoms with van der Waals surface area (Å²) in [6, 6.07) is 24.1. The predicted octanol–water partition coefficient (Wildman–Crippen LogP) is 6.18. The zero-order chi connectivity index (χ0) is 25.9. The molecular weight excluding hydrogens is 490 g/mol. The van der Waals surface area contributed by atoms with E-state index < -0.39 is 17.7 Å². The minimum absolute atomic E-state index is 0.0418. The summed E-state index contributed by atoms with van der Waals surface area (Å²) in [7, 11) is 2.92. The molecule has 3 aromatic carbocycles. The van der Waals surface area contributed by atoms with Gasteiger partial charge in [-0.25, -0.2) is 0 Å². The molecule has 5 rings (SSSR count). The summed E-state index contributed by atoms with van der Waals surface area (Å²) in [6.07, 6.45) is 0. The number of benzene rings is 3. The number of methoxy groups -OCH3 is 2. The molecule has 2 heterocycles. The van der Waals surface area contributed by atoms with Gasteiger partial charge in [0, 0.05) is 10.6 Å². The van der Waals surface area contributed by atoms with E-state index in [1.165, 1.54) is 30.5 Å². The number of aliphatic hydroxyl groups excluding tert-OH is 1. The first kappa shape index (κ1) is 24.1. The van der Waals surface area contributed by atoms with Gasteiger partial charge in [0.25, 0.3) is 11.7 Å². The minimum atomic E-state index is -0.837. The fraction of sp³-hybridized carbons (Fsp3) is 0.103. The van der Waals surface area contributed by atoms with Crippen LogP contribution in [0.3, 0.4) is 0 Å². The molecule has 0 saturated carbocycles. The van der Waals surface area contributed by atoms with Crippen molar-refractivity contribution in [2.24, 2.45) is 0 Å². The number of aliphatic hydroxyl groups is 1. The molecule has 1 saturated heterocycles. The molecule has 0 aliphatic carbocycles. The largest absolute Gasteiger partial charge is 0.506 e. The Labute approximate surface area is 217 Å². The summed E-state index contributed by atoms with van der Waals surface area (Å²) in [5.41, 5.74) is 0.658. The van der Waals surface area contributed by atoms with Gasteiger partial charge < -0.3 is 19.3 Å². The topological polar surface area (TPSA) is 85.3 Å². The third-order valence-electron chi connectivity index (χ3n) is 6.02. The van der Waals surface area contributed by atoms with Crippen molar-refractivity contribution < 1.29 is 28.9 Å². The Balaban J connectivity index is 1.61. The second-order valence-corrected chi connectivity index (χ2v) is 9.11. The van der Waals surface area contributed by atoms with E-state index in [4.69, 9.17) is 14.2 Å². The van der Waals surface area contributed by atoms with Crippen molar-refractivity contribution in [1.82, 2.24) is 0 Å². The average molecular weight is 514 g/mol. The molecule has 0 bridgehead atoms. The van der Waals surface area contributed by atoms with E-state index in [0.29, 0.717) is 28.7 Å². The Hall–Kier alpha value is -4.56. The molecule has 0 radical (unpaired) electrons. The van der Waals surface area contributed by atoms with Gasteiger partial charge in [0.1, 0.15) is 40.4 Å². The minimum Gasteiger partial charge on any atom is -0.506 e. The fourth-order valence-electron chi connectivity index (χ4n) is 4.33. The van der Waals surface area contributed by atoms with E-state index in [2.05, 4.69) is 0 Å². The van der Waals surface area contributed by atoms with Crippen LogP contribution in [-0.4, -0.2) is 31.0 Å². The van der Waals surface area contributed by atoms with Crippen LogP contribution < -0.4 is 19.1 Å². The number of ether oxygens (including phenoxy) is 3. The number of nitrogens with zero attached hydrogens (tertiary/aromatic N) is 1. The van der Waals surface area contributed by atoms with E-state index in [1.807, 2.05) is 47.8 Å². The van der Waals surface area contributed by atoms with Gasteiger partial charge in [0.15, 0.2) is 0 Å². The van der Waals surface area contributed by atoms with Gasteiger partial charge in [0.2, 0.25) is 0 Å². The molecule has 1 aliphatic rings. The highest BCUT2D eigenvalue weighted by Gasteiger charge is 2.48. The number of Topliss-reactive ketones (excluding diaryl/α,β-unsaturated/α-hetero) is 1. The van der Waals surface area contributed by atoms with Crippen molar-refractivity contribution in [3.05, 3.63) is 106 Å². The summed E-state index contributed by atoms with van der Waals surface area (Å²) in [5, 5.41) is 13.3. The molecule has 37 heavy (non-hydrogen) atoms. The second kappa shape index (κ2) is 10.2. The number of hydrogen-bond donors (Lipinski definition) is 1. The van der Waals surface area contributed by atoms with Crippen LogP contribution in [0.1, 0.15) is 16.5 Å². The van der Waals surface area contributed by atoms with E-state index >= 15 is 0 Å². The van der Waals surface area contributed by atoms with Crippen LogP contribution in [0.2, 0.25) is 0 Å². The Bertz CT molecular complexity index is 1440. The number of para-hydroxylation sites is 1. The number of carbonyl (C=O) groups is 2. The first-order valence-electron chi connectivity index (χ1n) is 11.4. The van der Waals surface area contributed by atoms with Crippen molar-refractivity contribution in [3.63, 3.8) is 0 Å². The lowest BCUT2D eigenvalue weighted by Crippen LogP contribution is -2.29. The van der Waals surface area contributed by atoms with E-state index in [1.54, 1.807) is 42.5 Å². The van der Waals surface area contributed by atoms with Crippen molar-refractivity contribution in [2.45, 2.75) is 6.04 Å². The molecule has 1 aromatic heterocycles. The lowest BCUT2D eigenvalue weighted by Gasteiger charge is -2.24. The number of carbonyl (C=O) groups excluding carboxylic acids is 2. The molecule has 186 valence electrons. The van der Waals surface area contributed by atoms with Crippen LogP contribution in [0.15, 0.2) is 95.9 Å². The molecule has 1 atom stereocenters. The van der Waals surface area contributed by atoms with Crippen molar-refractivity contribution >= 4 is 34.5 Å². The van der Waals surface area contributed by atoms with Crippen LogP contribution >= 0.6 is 11.3 Å². The van der Waals surface area contributed by atoms with Gasteiger partial charge in [-0.05, 0) is 60.0 Å². The lowest BCUT2D eigenvalue weighted by atomic mass is 9.98. The molecule has 1 N–H and O–H groups in total. The molecule has 8 heteroatoms. The van der Waals surface area contributed by atoms with Crippen LogP contribution in [-0.2, 0) is 9.59 Å². The zero-order valence-corrected chi connectivity index (χ0v) is 20.9. The number of ketones is 1. The molecule has 7 nitrogen and oxygen atoms in total. The Kier molecular flexibility index (Phi) is 6.66. The quantitative estimate of drug-likeness (QED) is 0.180. The second-order valence-electron chi connectivity index (χ2n) is 8.13. The lowest BCUT2D eigenvalue weighted by molar-refractivity contribution is -0.132. The maximum absolute atomic E-state index is 13.4. The zero-order valence-electron chi connectivity index (χ0n) is 20.1. The molecule has 1 unspecified atom stereocenters. The standard InChI is InChI=1S/C29H23NO6S/c1-34-21-10-6-11-22(35-2)24(21)27(31)25-26(23-12-7-17-37-23)30(29(33)28(25)32)18-13-15-20(16-14-18)36-19-8-4-3-5-9-19/h3-17,26,31H,1-2H3/b27-25+. The maximum atomic E-state index is 13.4. The van der Waals surface area contributed by atoms with E-state index in [0.717, 1.165) is 4.88 Å². The van der Waals surface area contributed by atoms with E-state index in [9.17, 15) is 14.7 Å². The molecule has 1 aliphatic heterocycles. The fourth-order valence-corrected chi connectivity index (χ4v) is 5.16. The van der Waals surface area contributed by atoms with Crippen LogP contribution in [0, 0.1) is 0 Å². The van der Waals surface area contributed by atoms with Crippen LogP contribution in [0.5, 0.6) is 23.0 Å². The summed E-state index contributed by atoms with van der Waals surface area (Å²) in [6.45, 7) is 0. The number of amides is 1. The number of hydrogen-bond acceptors (Lipinski definition) is 7. The van der Waals surface area contributed by atoms with Crippen LogP contribution in [0.25, 0.3) is 5.76 Å². The Morgan fingerprint density at radius 2 is 1.46 bits per heavy atom. The summed E-state index contributed by atoms with van der Waals surface area (Å²) in [5.74, 6) is -0.0135. The van der Waals surface area contributed by atoms with Gasteiger partial charge in [-0.2, -0.15) is 0 Å². The Morgan fingerprint density at radius 3 is 2.05 bits per heavy atom. The third kappa shape index (κ3) is 4.43. The normalized spacial score (nSPS) is 16.6. The van der Waals surface area contributed by atoms with Gasteiger partial charge >= 0.3 is 0 Å². The Morgan fingerprint density at radius 1 is 0.811 bits per heavy atom. The van der Waals surface area contributed by atoms with Crippen molar-refractivity contribution in [3.8, 4) is 23.0 Å². The molecule has 1 fully saturated rings. The smallest absolute Gasteiger partial charge is 0.300 e. The van der Waals surface area contributed by atoms with Gasteiger partial charge in [0.05, 0.1) is 19.8 Å². The van der Waals surface area contributed by atoms with E-state index in [-0.39, 0.29) is 16.9 Å². The molecule has 0 spiro atoms. The number of thiophene rings is 1. The predicted molar refractivity (Wildman–Crippen MR) is 142 cm³/mol. The highest BCUT2D eigenvalue weighted by Crippen LogP contribution is 2.46. The highest BCUT2D eigenvalue weighted by atomic mass is 32.1. The van der Waals surface area contributed by atoms with Gasteiger partial charge in [-0.15, -0.1) is 11.3 Å². The summed E-state index contributed by atoms with van der Waals surface area (Å²) >= 11 is 1.39. The molecular formula is C29H23NO6S. The van der Waals surface area contributed by atoms with Crippen LogP contribution in [0.4, 0.5) is 5.69 Å². The third-order valence-corrected chi connectivity index (χ3v) is 6.94. The van der Waals surface area contributed by atoms with Crippen molar-refractivity contribution in [1.29, 1.82) is 0 Å². The number of anilines is 1. The van der Waals surface area contributed by atoms with Gasteiger partial charge in [-0.3, -0.25) is 14.5 Å². The SMILES string of the molecule is COc1cccc(OC)c1/C(O)=C1\C(=O)C(=O)N(c2ccc(Oc3ccccc3)cc2)C1c1cccs1. The molecule has 4 aromatic rings. The highest BCUT2D eigenvalue weighted by molar-refractivity contribution is 7.10. The average Bonchev–Trinajstić information content (AvgIpc) is 3.55. The summed E-state index contributed by atoms with van der Waals surface area (Å²) < 4.78 is 16.7. The van der Waals surface area contributed by atoms with Gasteiger partial charge in [-0.1, -0.05) is 30.3 Å². The van der Waals surface area contributed by atoms with Crippen molar-refractivity contribution in [2.75, 3.05) is 19.1 Å². The number of rotatable bonds is 7. The monoisotopic (exact) mass is 513 g/mol. The molecule has 1 amide bonds. The first-order chi connectivity index (χ1) is 18.0. The maximum Gasteiger partial charge on any atom is 0.300 e. The first-order valence-corrected chi connectivity index (χ1v) is 12.3.